The van der Waals surface area contributed by atoms with E-state index in [1.807, 2.05) is 18.2 Å². The monoisotopic (exact) mass is 145 g/mol. The van der Waals surface area contributed by atoms with Crippen LogP contribution in [0.15, 0.2) is 24.4 Å². The molecule has 1 aromatic rings. The molecule has 0 fully saturated rings. The molecule has 0 N–H and O–H groups in total. The lowest BCUT2D eigenvalue weighted by Crippen LogP contribution is -1.94. The zero-order chi connectivity index (χ0) is 8.10. The molecule has 0 aliphatic heterocycles. The third kappa shape index (κ3) is 2.09. The van der Waals surface area contributed by atoms with E-state index in [4.69, 9.17) is 6.42 Å². The molecule has 0 bridgehead atoms. The van der Waals surface area contributed by atoms with Crippen molar-refractivity contribution in [2.45, 2.75) is 19.3 Å². The summed E-state index contributed by atoms with van der Waals surface area (Å²) in [4.78, 5) is 4.20. The molecule has 0 amide bonds. The second-order valence-electron chi connectivity index (χ2n) is 2.56. The van der Waals surface area contributed by atoms with Gasteiger partial charge in [-0.25, -0.2) is 0 Å². The lowest BCUT2D eigenvalue weighted by atomic mass is 10.0. The van der Waals surface area contributed by atoms with Crippen molar-refractivity contribution in [3.05, 3.63) is 30.1 Å². The third-order valence-corrected chi connectivity index (χ3v) is 1.62. The van der Waals surface area contributed by atoms with Gasteiger partial charge >= 0.3 is 0 Å². The quantitative estimate of drug-likeness (QED) is 0.581. The number of rotatable bonds is 2. The number of terminal acetylenes is 1. The van der Waals surface area contributed by atoms with Crippen LogP contribution in [0, 0.1) is 12.3 Å². The Balaban J connectivity index is 2.70. The Kier molecular flexibility index (Phi) is 2.68. The van der Waals surface area contributed by atoms with Crippen LogP contribution in [-0.2, 0) is 0 Å². The molecule has 1 rings (SSSR count). The van der Waals surface area contributed by atoms with Crippen LogP contribution in [0.25, 0.3) is 0 Å². The average Bonchev–Trinajstić information content (AvgIpc) is 2.07. The van der Waals surface area contributed by atoms with Gasteiger partial charge in [0.2, 0.25) is 0 Å². The van der Waals surface area contributed by atoms with Gasteiger partial charge in [-0.3, -0.25) is 4.98 Å². The molecule has 1 aromatic heterocycles. The van der Waals surface area contributed by atoms with Crippen LogP contribution >= 0.6 is 0 Å². The summed E-state index contributed by atoms with van der Waals surface area (Å²) in [6, 6.07) is 5.89. The molecule has 56 valence electrons. The lowest BCUT2D eigenvalue weighted by molar-refractivity contribution is 0.763. The topological polar surface area (TPSA) is 12.9 Å². The van der Waals surface area contributed by atoms with E-state index in [0.717, 1.165) is 12.1 Å². The SMILES string of the molecule is C#CCC(C)c1ccccn1. The van der Waals surface area contributed by atoms with E-state index < -0.39 is 0 Å². The number of hydrogen-bond acceptors (Lipinski definition) is 1. The molecule has 0 aliphatic carbocycles. The fourth-order valence-corrected chi connectivity index (χ4v) is 0.949. The maximum atomic E-state index is 5.19. The smallest absolute Gasteiger partial charge is 0.0441 e. The summed E-state index contributed by atoms with van der Waals surface area (Å²) in [6.07, 6.45) is 7.74. The van der Waals surface area contributed by atoms with Gasteiger partial charge < -0.3 is 0 Å². The average molecular weight is 145 g/mol. The van der Waals surface area contributed by atoms with E-state index in [1.165, 1.54) is 0 Å². The van der Waals surface area contributed by atoms with Crippen LogP contribution in [0.4, 0.5) is 0 Å². The van der Waals surface area contributed by atoms with Crippen molar-refractivity contribution < 1.29 is 0 Å². The van der Waals surface area contributed by atoms with Crippen molar-refractivity contribution in [2.75, 3.05) is 0 Å². The van der Waals surface area contributed by atoms with Gasteiger partial charge in [0.25, 0.3) is 0 Å². The maximum absolute atomic E-state index is 5.19. The summed E-state index contributed by atoms with van der Waals surface area (Å²) < 4.78 is 0. The first kappa shape index (κ1) is 7.81. The summed E-state index contributed by atoms with van der Waals surface area (Å²) in [5.74, 6) is 3.00. The van der Waals surface area contributed by atoms with Crippen molar-refractivity contribution in [1.82, 2.24) is 4.98 Å². The van der Waals surface area contributed by atoms with Gasteiger partial charge in [-0.15, -0.1) is 12.3 Å². The zero-order valence-electron chi connectivity index (χ0n) is 6.62. The first-order valence-electron chi connectivity index (χ1n) is 3.69. The Morgan fingerprint density at radius 2 is 2.45 bits per heavy atom. The van der Waals surface area contributed by atoms with Crippen LogP contribution in [0.2, 0.25) is 0 Å². The molecule has 0 radical (unpaired) electrons. The van der Waals surface area contributed by atoms with Crippen molar-refractivity contribution in [3.8, 4) is 12.3 Å². The van der Waals surface area contributed by atoms with Crippen molar-refractivity contribution >= 4 is 0 Å². The number of nitrogens with zero attached hydrogens (tertiary/aromatic N) is 1. The highest BCUT2D eigenvalue weighted by Gasteiger charge is 2.02. The minimum atomic E-state index is 0.376. The summed E-state index contributed by atoms with van der Waals surface area (Å²) in [5.41, 5.74) is 1.07. The van der Waals surface area contributed by atoms with Crippen LogP contribution in [-0.4, -0.2) is 4.98 Å². The molecule has 0 saturated carbocycles. The van der Waals surface area contributed by atoms with E-state index >= 15 is 0 Å². The third-order valence-electron chi connectivity index (χ3n) is 1.62. The molecule has 0 aromatic carbocycles. The van der Waals surface area contributed by atoms with E-state index in [-0.39, 0.29) is 0 Å². The van der Waals surface area contributed by atoms with Crippen molar-refractivity contribution in [1.29, 1.82) is 0 Å². The fourth-order valence-electron chi connectivity index (χ4n) is 0.949. The Morgan fingerprint density at radius 1 is 1.64 bits per heavy atom. The molecule has 0 spiro atoms. The highest BCUT2D eigenvalue weighted by atomic mass is 14.7. The predicted molar refractivity (Wildman–Crippen MR) is 46.1 cm³/mol. The Labute approximate surface area is 67.5 Å². The maximum Gasteiger partial charge on any atom is 0.0441 e. The summed E-state index contributed by atoms with van der Waals surface area (Å²) >= 11 is 0. The standard InChI is InChI=1S/C10H11N/c1-3-6-9(2)10-7-4-5-8-11-10/h1,4-5,7-9H,6H2,2H3. The van der Waals surface area contributed by atoms with E-state index in [1.54, 1.807) is 6.20 Å². The number of aromatic nitrogens is 1. The molecule has 1 heterocycles. The van der Waals surface area contributed by atoms with Crippen molar-refractivity contribution in [3.63, 3.8) is 0 Å². The normalized spacial score (nSPS) is 12.0. The predicted octanol–water partition coefficient (Wildman–Crippen LogP) is 2.21. The van der Waals surface area contributed by atoms with E-state index in [9.17, 15) is 0 Å². The molecular weight excluding hydrogens is 134 g/mol. The molecule has 1 atom stereocenters. The highest BCUT2D eigenvalue weighted by Crippen LogP contribution is 2.14. The van der Waals surface area contributed by atoms with Gasteiger partial charge in [-0.1, -0.05) is 13.0 Å². The summed E-state index contributed by atoms with van der Waals surface area (Å²) in [5, 5.41) is 0. The van der Waals surface area contributed by atoms with E-state index in [0.29, 0.717) is 5.92 Å². The van der Waals surface area contributed by atoms with Crippen LogP contribution in [0.1, 0.15) is 25.0 Å². The molecule has 0 saturated heterocycles. The van der Waals surface area contributed by atoms with Crippen molar-refractivity contribution in [2.24, 2.45) is 0 Å². The first-order chi connectivity index (χ1) is 5.34. The van der Waals surface area contributed by atoms with Gasteiger partial charge in [0.05, 0.1) is 0 Å². The minimum Gasteiger partial charge on any atom is -0.261 e. The van der Waals surface area contributed by atoms with Crippen LogP contribution < -0.4 is 0 Å². The molecule has 0 aliphatic rings. The molecule has 1 unspecified atom stereocenters. The molecule has 1 heteroatoms. The lowest BCUT2D eigenvalue weighted by Gasteiger charge is -2.04. The van der Waals surface area contributed by atoms with Gasteiger partial charge in [0.15, 0.2) is 0 Å². The Hall–Kier alpha value is -1.29. The van der Waals surface area contributed by atoms with Gasteiger partial charge in [0, 0.05) is 24.2 Å². The van der Waals surface area contributed by atoms with Gasteiger partial charge in [-0.2, -0.15) is 0 Å². The van der Waals surface area contributed by atoms with Crippen LogP contribution in [0.5, 0.6) is 0 Å². The van der Waals surface area contributed by atoms with Gasteiger partial charge in [-0.05, 0) is 12.1 Å². The van der Waals surface area contributed by atoms with Gasteiger partial charge in [0.1, 0.15) is 0 Å². The second-order valence-corrected chi connectivity index (χ2v) is 2.56. The molecular formula is C10H11N. The number of hydrogen-bond donors (Lipinski definition) is 0. The Bertz CT molecular complexity index is 245. The zero-order valence-corrected chi connectivity index (χ0v) is 6.62. The Morgan fingerprint density at radius 3 is 3.00 bits per heavy atom. The molecule has 1 nitrogen and oxygen atoms in total. The number of pyridine rings is 1. The van der Waals surface area contributed by atoms with Crippen LogP contribution in [0.3, 0.4) is 0 Å². The van der Waals surface area contributed by atoms with E-state index in [2.05, 4.69) is 17.8 Å². The highest BCUT2D eigenvalue weighted by molar-refractivity contribution is 5.10. The minimum absolute atomic E-state index is 0.376. The summed E-state index contributed by atoms with van der Waals surface area (Å²) in [6.45, 7) is 2.09. The second kappa shape index (κ2) is 3.78. The largest absolute Gasteiger partial charge is 0.261 e. The molecule has 11 heavy (non-hydrogen) atoms. The fraction of sp³-hybridized carbons (Fsp3) is 0.300. The first-order valence-corrected chi connectivity index (χ1v) is 3.69. The summed E-state index contributed by atoms with van der Waals surface area (Å²) in [7, 11) is 0.